The van der Waals surface area contributed by atoms with Gasteiger partial charge in [-0.2, -0.15) is 0 Å². The Bertz CT molecular complexity index is 676. The van der Waals surface area contributed by atoms with Crippen molar-refractivity contribution in [2.75, 3.05) is 0 Å². The Morgan fingerprint density at radius 2 is 2.09 bits per heavy atom. The van der Waals surface area contributed by atoms with Gasteiger partial charge in [-0.25, -0.2) is 4.98 Å². The molecule has 2 aromatic rings. The van der Waals surface area contributed by atoms with Crippen molar-refractivity contribution in [1.29, 1.82) is 0 Å². The van der Waals surface area contributed by atoms with E-state index in [-0.39, 0.29) is 11.8 Å². The maximum atomic E-state index is 11.4. The van der Waals surface area contributed by atoms with Crippen LogP contribution in [0.1, 0.15) is 55.1 Å². The second-order valence-corrected chi connectivity index (χ2v) is 6.27. The van der Waals surface area contributed by atoms with Crippen molar-refractivity contribution in [3.8, 4) is 0 Å². The number of carboxylic acids is 1. The molecule has 0 fully saturated rings. The number of carboxylic acid groups (broad SMARTS) is 1. The molecule has 0 saturated carbocycles. The van der Waals surface area contributed by atoms with Crippen molar-refractivity contribution >= 4 is 5.97 Å². The first-order chi connectivity index (χ1) is 11.0. The van der Waals surface area contributed by atoms with E-state index in [9.17, 15) is 9.90 Å². The van der Waals surface area contributed by atoms with Gasteiger partial charge in [0.05, 0.1) is 5.92 Å². The molecule has 23 heavy (non-hydrogen) atoms. The smallest absolute Gasteiger partial charge is 0.308 e. The molecule has 1 heterocycles. The number of aliphatic carboxylic acids is 1. The molecule has 4 heteroatoms. The summed E-state index contributed by atoms with van der Waals surface area (Å²) in [7, 11) is 0. The lowest BCUT2D eigenvalue weighted by atomic mass is 9.93. The van der Waals surface area contributed by atoms with E-state index in [1.165, 1.54) is 16.7 Å². The van der Waals surface area contributed by atoms with Gasteiger partial charge in [0.1, 0.15) is 5.82 Å². The predicted octanol–water partition coefficient (Wildman–Crippen LogP) is 4.15. The van der Waals surface area contributed by atoms with Crippen LogP contribution in [0.2, 0.25) is 0 Å². The minimum atomic E-state index is -0.731. The summed E-state index contributed by atoms with van der Waals surface area (Å²) in [5, 5.41) is 9.40. The van der Waals surface area contributed by atoms with Crippen LogP contribution < -0.4 is 0 Å². The number of hydrogen-bond acceptors (Lipinski definition) is 2. The monoisotopic (exact) mass is 314 g/mol. The molecular weight excluding hydrogens is 288 g/mol. The van der Waals surface area contributed by atoms with E-state index >= 15 is 0 Å². The molecule has 0 spiro atoms. The molecular formula is C19H26N2O2. The Balaban J connectivity index is 2.29. The van der Waals surface area contributed by atoms with E-state index in [1.807, 2.05) is 17.7 Å². The van der Waals surface area contributed by atoms with Crippen LogP contribution in [0.4, 0.5) is 0 Å². The Morgan fingerprint density at radius 1 is 1.35 bits per heavy atom. The topological polar surface area (TPSA) is 55.1 Å². The third kappa shape index (κ3) is 3.81. The fraction of sp³-hybridized carbons (Fsp3) is 0.474. The highest BCUT2D eigenvalue weighted by Gasteiger charge is 2.21. The SMILES string of the molecule is CCCC(Cn1ccnc1C(C)c1cccc(C)c1C)C(=O)O. The lowest BCUT2D eigenvalue weighted by molar-refractivity contribution is -0.142. The molecule has 2 unspecified atom stereocenters. The average Bonchev–Trinajstić information content (AvgIpc) is 2.97. The van der Waals surface area contributed by atoms with Gasteiger partial charge in [-0.1, -0.05) is 38.5 Å². The van der Waals surface area contributed by atoms with Crippen LogP contribution in [0.15, 0.2) is 30.6 Å². The molecule has 1 N–H and O–H groups in total. The molecule has 0 amide bonds. The minimum Gasteiger partial charge on any atom is -0.481 e. The van der Waals surface area contributed by atoms with Crippen LogP contribution in [0.5, 0.6) is 0 Å². The van der Waals surface area contributed by atoms with Crippen molar-refractivity contribution in [3.63, 3.8) is 0 Å². The lowest BCUT2D eigenvalue weighted by Gasteiger charge is -2.19. The Hall–Kier alpha value is -2.10. The third-order valence-corrected chi connectivity index (χ3v) is 4.65. The molecule has 0 bridgehead atoms. The number of benzene rings is 1. The molecule has 124 valence electrons. The Labute approximate surface area is 138 Å². The summed E-state index contributed by atoms with van der Waals surface area (Å²) in [6.07, 6.45) is 5.21. The highest BCUT2D eigenvalue weighted by atomic mass is 16.4. The first-order valence-electron chi connectivity index (χ1n) is 8.25. The van der Waals surface area contributed by atoms with Crippen LogP contribution in [-0.2, 0) is 11.3 Å². The molecule has 0 saturated heterocycles. The first kappa shape index (κ1) is 17.3. The van der Waals surface area contributed by atoms with Gasteiger partial charge in [-0.15, -0.1) is 0 Å². The minimum absolute atomic E-state index is 0.140. The van der Waals surface area contributed by atoms with Gasteiger partial charge in [0.25, 0.3) is 0 Å². The van der Waals surface area contributed by atoms with Crippen LogP contribution in [0, 0.1) is 19.8 Å². The zero-order valence-corrected chi connectivity index (χ0v) is 14.4. The van der Waals surface area contributed by atoms with Gasteiger partial charge in [0.2, 0.25) is 0 Å². The van der Waals surface area contributed by atoms with Crippen molar-refractivity contribution < 1.29 is 9.90 Å². The van der Waals surface area contributed by atoms with Crippen molar-refractivity contribution in [2.24, 2.45) is 5.92 Å². The van der Waals surface area contributed by atoms with Crippen molar-refractivity contribution in [3.05, 3.63) is 53.1 Å². The van der Waals surface area contributed by atoms with E-state index in [0.717, 1.165) is 12.2 Å². The van der Waals surface area contributed by atoms with Crippen LogP contribution in [0.25, 0.3) is 0 Å². The van der Waals surface area contributed by atoms with E-state index in [2.05, 4.69) is 44.0 Å². The number of rotatable bonds is 7. The highest BCUT2D eigenvalue weighted by Crippen LogP contribution is 2.28. The number of aryl methyl sites for hydroxylation is 1. The summed E-state index contributed by atoms with van der Waals surface area (Å²) in [6, 6.07) is 6.31. The highest BCUT2D eigenvalue weighted by molar-refractivity contribution is 5.69. The van der Waals surface area contributed by atoms with Gasteiger partial charge >= 0.3 is 5.97 Å². The fourth-order valence-electron chi connectivity index (χ4n) is 3.12. The largest absolute Gasteiger partial charge is 0.481 e. The number of carbonyl (C=O) groups is 1. The van der Waals surface area contributed by atoms with Crippen molar-refractivity contribution in [1.82, 2.24) is 9.55 Å². The van der Waals surface area contributed by atoms with Gasteiger partial charge in [-0.3, -0.25) is 4.79 Å². The van der Waals surface area contributed by atoms with Crippen LogP contribution in [-0.4, -0.2) is 20.6 Å². The zero-order chi connectivity index (χ0) is 17.0. The quantitative estimate of drug-likeness (QED) is 0.835. The van der Waals surface area contributed by atoms with Gasteiger partial charge in [0.15, 0.2) is 0 Å². The third-order valence-electron chi connectivity index (χ3n) is 4.65. The number of hydrogen-bond donors (Lipinski definition) is 1. The maximum absolute atomic E-state index is 11.4. The molecule has 2 rings (SSSR count). The molecule has 0 aliphatic heterocycles. The second-order valence-electron chi connectivity index (χ2n) is 6.27. The molecule has 0 aliphatic carbocycles. The second kappa shape index (κ2) is 7.44. The van der Waals surface area contributed by atoms with Gasteiger partial charge in [0, 0.05) is 24.9 Å². The predicted molar refractivity (Wildman–Crippen MR) is 91.7 cm³/mol. The van der Waals surface area contributed by atoms with E-state index in [4.69, 9.17) is 0 Å². The van der Waals surface area contributed by atoms with Crippen LogP contribution >= 0.6 is 0 Å². The maximum Gasteiger partial charge on any atom is 0.308 e. The summed E-state index contributed by atoms with van der Waals surface area (Å²) >= 11 is 0. The van der Waals surface area contributed by atoms with E-state index < -0.39 is 5.97 Å². The zero-order valence-electron chi connectivity index (χ0n) is 14.4. The molecule has 1 aromatic carbocycles. The molecule has 1 aromatic heterocycles. The summed E-state index contributed by atoms with van der Waals surface area (Å²) < 4.78 is 2.00. The molecule has 4 nitrogen and oxygen atoms in total. The Kier molecular flexibility index (Phi) is 5.59. The summed E-state index contributed by atoms with van der Waals surface area (Å²) in [6.45, 7) is 8.87. The van der Waals surface area contributed by atoms with Crippen molar-refractivity contribution in [2.45, 2.75) is 53.0 Å². The van der Waals surface area contributed by atoms with Crippen LogP contribution in [0.3, 0.4) is 0 Å². The summed E-state index contributed by atoms with van der Waals surface area (Å²) in [4.78, 5) is 15.9. The summed E-state index contributed by atoms with van der Waals surface area (Å²) in [5.41, 5.74) is 3.79. The standard InChI is InChI=1S/C19H26N2O2/c1-5-7-16(19(22)23)12-21-11-10-20-18(21)15(4)17-9-6-8-13(2)14(17)3/h6,8-11,15-16H,5,7,12H2,1-4H3,(H,22,23). The van der Waals surface area contributed by atoms with Gasteiger partial charge < -0.3 is 9.67 Å². The Morgan fingerprint density at radius 3 is 2.74 bits per heavy atom. The molecule has 2 atom stereocenters. The van der Waals surface area contributed by atoms with Gasteiger partial charge in [-0.05, 0) is 37.0 Å². The normalized spacial score (nSPS) is 13.7. The molecule has 0 aliphatic rings. The first-order valence-corrected chi connectivity index (χ1v) is 8.25. The average molecular weight is 314 g/mol. The van der Waals surface area contributed by atoms with E-state index in [1.54, 1.807) is 6.20 Å². The molecule has 0 radical (unpaired) electrons. The fourth-order valence-corrected chi connectivity index (χ4v) is 3.12. The van der Waals surface area contributed by atoms with E-state index in [0.29, 0.717) is 13.0 Å². The number of imidazole rings is 1. The number of nitrogens with zero attached hydrogens (tertiary/aromatic N) is 2. The number of aromatic nitrogens is 2. The summed E-state index contributed by atoms with van der Waals surface area (Å²) in [5.74, 6) is -0.0216. The lowest BCUT2D eigenvalue weighted by Crippen LogP contribution is -2.21.